The van der Waals surface area contributed by atoms with Crippen LogP contribution in [0, 0.1) is 13.8 Å². The molecule has 3 rings (SSSR count). The Morgan fingerprint density at radius 1 is 1.30 bits per heavy atom. The van der Waals surface area contributed by atoms with Crippen LogP contribution in [0.2, 0.25) is 5.02 Å². The Balaban J connectivity index is 1.81. The average molecular weight is 364 g/mol. The quantitative estimate of drug-likeness (QED) is 0.570. The summed E-state index contributed by atoms with van der Waals surface area (Å²) in [6, 6.07) is 9.47. The Morgan fingerprint density at radius 3 is 2.74 bits per heavy atom. The van der Waals surface area contributed by atoms with Crippen molar-refractivity contribution in [2.24, 2.45) is 0 Å². The molecule has 23 heavy (non-hydrogen) atoms. The average Bonchev–Trinajstić information content (AvgIpc) is 3.02. The first-order valence-electron chi connectivity index (χ1n) is 7.01. The van der Waals surface area contributed by atoms with Gasteiger partial charge >= 0.3 is 0 Å². The lowest BCUT2D eigenvalue weighted by Crippen LogP contribution is -2.27. The van der Waals surface area contributed by atoms with Crippen molar-refractivity contribution >= 4 is 51.9 Å². The lowest BCUT2D eigenvalue weighted by atomic mass is 10.1. The van der Waals surface area contributed by atoms with E-state index >= 15 is 0 Å². The van der Waals surface area contributed by atoms with Gasteiger partial charge in [0.25, 0.3) is 5.91 Å². The van der Waals surface area contributed by atoms with E-state index < -0.39 is 0 Å². The largest absolute Gasteiger partial charge is 0.462 e. The molecule has 2 heterocycles. The van der Waals surface area contributed by atoms with Crippen LogP contribution in [-0.2, 0) is 11.3 Å². The second-order valence-electron chi connectivity index (χ2n) is 5.30. The number of hydrogen-bond acceptors (Lipinski definition) is 4. The molecule has 0 saturated carbocycles. The molecule has 1 aliphatic rings. The van der Waals surface area contributed by atoms with Crippen molar-refractivity contribution < 1.29 is 9.21 Å². The van der Waals surface area contributed by atoms with E-state index in [0.29, 0.717) is 26.6 Å². The third kappa shape index (κ3) is 3.52. The van der Waals surface area contributed by atoms with Gasteiger partial charge in [-0.15, -0.1) is 0 Å². The summed E-state index contributed by atoms with van der Waals surface area (Å²) in [4.78, 5) is 14.7. The fraction of sp³-hybridized carbons (Fsp3) is 0.176. The molecular weight excluding hydrogens is 350 g/mol. The molecule has 0 aliphatic carbocycles. The van der Waals surface area contributed by atoms with Gasteiger partial charge in [-0.25, -0.2) is 0 Å². The molecule has 0 atom stereocenters. The predicted octanol–water partition coefficient (Wildman–Crippen LogP) is 4.95. The zero-order valence-corrected chi connectivity index (χ0v) is 15.0. The van der Waals surface area contributed by atoms with E-state index in [1.165, 1.54) is 11.8 Å². The highest BCUT2D eigenvalue weighted by Crippen LogP contribution is 2.34. The first-order chi connectivity index (χ1) is 10.9. The SMILES string of the molecule is Cc1ccc(C=C2SC(=S)N(Cc3ccc(C)c(Cl)c3)C2=O)o1. The highest BCUT2D eigenvalue weighted by Gasteiger charge is 2.32. The van der Waals surface area contributed by atoms with Crippen LogP contribution in [0.25, 0.3) is 6.08 Å². The second kappa shape index (κ2) is 6.51. The minimum absolute atomic E-state index is 0.106. The Labute approximate surface area is 149 Å². The van der Waals surface area contributed by atoms with Gasteiger partial charge in [0, 0.05) is 11.1 Å². The molecule has 0 radical (unpaired) electrons. The van der Waals surface area contributed by atoms with Crippen molar-refractivity contribution in [3.05, 3.63) is 62.9 Å². The van der Waals surface area contributed by atoms with Gasteiger partial charge in [0.2, 0.25) is 0 Å². The Morgan fingerprint density at radius 2 is 2.09 bits per heavy atom. The number of thiocarbonyl (C=S) groups is 1. The third-order valence-electron chi connectivity index (χ3n) is 3.49. The number of amides is 1. The van der Waals surface area contributed by atoms with Crippen molar-refractivity contribution in [1.29, 1.82) is 0 Å². The molecule has 1 aromatic heterocycles. The zero-order chi connectivity index (χ0) is 16.6. The fourth-order valence-electron chi connectivity index (χ4n) is 2.21. The van der Waals surface area contributed by atoms with Gasteiger partial charge in [0.05, 0.1) is 11.4 Å². The smallest absolute Gasteiger partial charge is 0.266 e. The minimum atomic E-state index is -0.106. The molecule has 1 amide bonds. The molecule has 1 fully saturated rings. The number of aryl methyl sites for hydroxylation is 2. The lowest BCUT2D eigenvalue weighted by Gasteiger charge is -2.15. The van der Waals surface area contributed by atoms with E-state index in [1.807, 2.05) is 44.2 Å². The molecule has 118 valence electrons. The lowest BCUT2D eigenvalue weighted by molar-refractivity contribution is -0.122. The van der Waals surface area contributed by atoms with Crippen LogP contribution in [0.15, 0.2) is 39.7 Å². The van der Waals surface area contributed by atoms with Crippen LogP contribution in [0.5, 0.6) is 0 Å². The Kier molecular flexibility index (Phi) is 4.62. The van der Waals surface area contributed by atoms with Crippen LogP contribution >= 0.6 is 35.6 Å². The van der Waals surface area contributed by atoms with Gasteiger partial charge in [-0.05, 0) is 43.2 Å². The van der Waals surface area contributed by atoms with Crippen molar-refractivity contribution in [3.63, 3.8) is 0 Å². The molecular formula is C17H14ClNO2S2. The van der Waals surface area contributed by atoms with Crippen molar-refractivity contribution in [1.82, 2.24) is 4.90 Å². The number of rotatable bonds is 3. The van der Waals surface area contributed by atoms with Crippen molar-refractivity contribution in [2.75, 3.05) is 0 Å². The maximum absolute atomic E-state index is 12.6. The first kappa shape index (κ1) is 16.3. The summed E-state index contributed by atoms with van der Waals surface area (Å²) in [7, 11) is 0. The maximum atomic E-state index is 12.6. The standard InChI is InChI=1S/C17H14ClNO2S2/c1-10-3-5-12(7-14(10)18)9-19-16(20)15(23-17(19)22)8-13-6-4-11(2)21-13/h3-8H,9H2,1-2H3. The van der Waals surface area contributed by atoms with E-state index in [2.05, 4.69) is 0 Å². The van der Waals surface area contributed by atoms with E-state index in [9.17, 15) is 4.79 Å². The van der Waals surface area contributed by atoms with Crippen LogP contribution < -0.4 is 0 Å². The van der Waals surface area contributed by atoms with Crippen molar-refractivity contribution in [3.8, 4) is 0 Å². The molecule has 1 aliphatic heterocycles. The highest BCUT2D eigenvalue weighted by molar-refractivity contribution is 8.26. The number of carbonyl (C=O) groups excluding carboxylic acids is 1. The first-order valence-corrected chi connectivity index (χ1v) is 8.61. The minimum Gasteiger partial charge on any atom is -0.462 e. The monoisotopic (exact) mass is 363 g/mol. The fourth-order valence-corrected chi connectivity index (χ4v) is 3.65. The number of benzene rings is 1. The van der Waals surface area contributed by atoms with Gasteiger partial charge < -0.3 is 4.42 Å². The summed E-state index contributed by atoms with van der Waals surface area (Å²) in [5, 5.41) is 0.689. The summed E-state index contributed by atoms with van der Waals surface area (Å²) in [6.07, 6.45) is 1.73. The number of halogens is 1. The van der Waals surface area contributed by atoms with Crippen LogP contribution in [0.4, 0.5) is 0 Å². The summed E-state index contributed by atoms with van der Waals surface area (Å²) in [6.45, 7) is 4.22. The molecule has 3 nitrogen and oxygen atoms in total. The topological polar surface area (TPSA) is 33.5 Å². The van der Waals surface area contributed by atoms with Gasteiger partial charge in [-0.3, -0.25) is 9.69 Å². The molecule has 0 N–H and O–H groups in total. The van der Waals surface area contributed by atoms with Crippen molar-refractivity contribution in [2.45, 2.75) is 20.4 Å². The van der Waals surface area contributed by atoms with Crippen LogP contribution in [0.1, 0.15) is 22.6 Å². The molecule has 2 aromatic rings. The maximum Gasteiger partial charge on any atom is 0.266 e. The van der Waals surface area contributed by atoms with E-state index in [4.69, 9.17) is 28.2 Å². The van der Waals surface area contributed by atoms with Crippen LogP contribution in [-0.4, -0.2) is 15.1 Å². The molecule has 6 heteroatoms. The van der Waals surface area contributed by atoms with E-state index in [1.54, 1.807) is 11.0 Å². The summed E-state index contributed by atoms with van der Waals surface area (Å²) < 4.78 is 6.03. The number of carbonyl (C=O) groups is 1. The molecule has 1 aromatic carbocycles. The normalized spacial score (nSPS) is 16.7. The summed E-state index contributed by atoms with van der Waals surface area (Å²) in [5.41, 5.74) is 1.96. The third-order valence-corrected chi connectivity index (χ3v) is 5.27. The molecule has 0 spiro atoms. The summed E-state index contributed by atoms with van der Waals surface area (Å²) >= 11 is 12.8. The number of thioether (sulfide) groups is 1. The van der Waals surface area contributed by atoms with Gasteiger partial charge in [-0.1, -0.05) is 47.7 Å². The van der Waals surface area contributed by atoms with Gasteiger partial charge in [-0.2, -0.15) is 0 Å². The second-order valence-corrected chi connectivity index (χ2v) is 7.38. The van der Waals surface area contributed by atoms with Crippen LogP contribution in [0.3, 0.4) is 0 Å². The van der Waals surface area contributed by atoms with E-state index in [0.717, 1.165) is 16.9 Å². The van der Waals surface area contributed by atoms with Gasteiger partial charge in [0.1, 0.15) is 15.8 Å². The highest BCUT2D eigenvalue weighted by atomic mass is 35.5. The molecule has 0 bridgehead atoms. The summed E-state index contributed by atoms with van der Waals surface area (Å²) in [5.74, 6) is 1.35. The predicted molar refractivity (Wildman–Crippen MR) is 98.4 cm³/mol. The molecule has 0 unspecified atom stereocenters. The number of hydrogen-bond donors (Lipinski definition) is 0. The number of furan rings is 1. The van der Waals surface area contributed by atoms with Gasteiger partial charge in [0.15, 0.2) is 0 Å². The number of nitrogens with zero attached hydrogens (tertiary/aromatic N) is 1. The Hall–Kier alpha value is -1.56. The zero-order valence-electron chi connectivity index (χ0n) is 12.6. The molecule has 1 saturated heterocycles. The Bertz CT molecular complexity index is 826. The van der Waals surface area contributed by atoms with E-state index in [-0.39, 0.29) is 5.91 Å².